The summed E-state index contributed by atoms with van der Waals surface area (Å²) >= 11 is 0. The second-order valence-electron chi connectivity index (χ2n) is 3.88. The van der Waals surface area contributed by atoms with Crippen LogP contribution in [0.2, 0.25) is 0 Å². The number of carbonyl (C=O) groups is 1. The van der Waals surface area contributed by atoms with Crippen LogP contribution in [0.3, 0.4) is 0 Å². The molecule has 3 atom stereocenters. The molecule has 1 amide bonds. The van der Waals surface area contributed by atoms with Gasteiger partial charge in [0.1, 0.15) is 6.10 Å². The van der Waals surface area contributed by atoms with Crippen LogP contribution in [0.5, 0.6) is 0 Å². The SMILES string of the molecule is CCC1CCC(C(=O)N[C@H](C)CN)O1. The summed E-state index contributed by atoms with van der Waals surface area (Å²) in [6.45, 7) is 4.44. The molecule has 4 heteroatoms. The summed E-state index contributed by atoms with van der Waals surface area (Å²) in [5.41, 5.74) is 5.42. The number of nitrogens with one attached hydrogen (secondary N) is 1. The lowest BCUT2D eigenvalue weighted by Gasteiger charge is -2.16. The van der Waals surface area contributed by atoms with E-state index >= 15 is 0 Å². The molecule has 2 unspecified atom stereocenters. The van der Waals surface area contributed by atoms with Gasteiger partial charge in [0.25, 0.3) is 0 Å². The van der Waals surface area contributed by atoms with Gasteiger partial charge in [-0.1, -0.05) is 6.92 Å². The Balaban J connectivity index is 2.32. The van der Waals surface area contributed by atoms with Crippen LogP contribution in [0.4, 0.5) is 0 Å². The summed E-state index contributed by atoms with van der Waals surface area (Å²) < 4.78 is 5.56. The normalized spacial score (nSPS) is 28.8. The summed E-state index contributed by atoms with van der Waals surface area (Å²) in [7, 11) is 0. The molecule has 0 aromatic heterocycles. The summed E-state index contributed by atoms with van der Waals surface area (Å²) in [4.78, 5) is 11.6. The van der Waals surface area contributed by atoms with Gasteiger partial charge >= 0.3 is 0 Å². The molecule has 1 saturated heterocycles. The van der Waals surface area contributed by atoms with Crippen LogP contribution in [0.25, 0.3) is 0 Å². The molecular weight excluding hydrogens is 180 g/mol. The van der Waals surface area contributed by atoms with Gasteiger partial charge in [0.15, 0.2) is 0 Å². The highest BCUT2D eigenvalue weighted by atomic mass is 16.5. The van der Waals surface area contributed by atoms with Crippen molar-refractivity contribution in [1.82, 2.24) is 5.32 Å². The smallest absolute Gasteiger partial charge is 0.249 e. The highest BCUT2D eigenvalue weighted by Gasteiger charge is 2.29. The van der Waals surface area contributed by atoms with Crippen LogP contribution < -0.4 is 11.1 Å². The van der Waals surface area contributed by atoms with Crippen LogP contribution in [-0.4, -0.2) is 30.7 Å². The standard InChI is InChI=1S/C10H20N2O2/c1-3-8-4-5-9(14-8)10(13)12-7(2)6-11/h7-9H,3-6,11H2,1-2H3,(H,12,13)/t7-,8?,9?/m1/s1. The Labute approximate surface area is 85.2 Å². The number of rotatable bonds is 4. The van der Waals surface area contributed by atoms with E-state index in [0.29, 0.717) is 6.54 Å². The molecule has 0 bridgehead atoms. The van der Waals surface area contributed by atoms with Gasteiger partial charge in [-0.15, -0.1) is 0 Å². The molecule has 1 rings (SSSR count). The minimum Gasteiger partial charge on any atom is -0.365 e. The lowest BCUT2D eigenvalue weighted by molar-refractivity contribution is -0.132. The zero-order valence-electron chi connectivity index (χ0n) is 8.95. The molecule has 3 N–H and O–H groups in total. The molecule has 1 aliphatic heterocycles. The second-order valence-corrected chi connectivity index (χ2v) is 3.88. The third-order valence-electron chi connectivity index (χ3n) is 2.60. The van der Waals surface area contributed by atoms with Crippen molar-refractivity contribution in [2.75, 3.05) is 6.54 Å². The van der Waals surface area contributed by atoms with E-state index < -0.39 is 0 Å². The summed E-state index contributed by atoms with van der Waals surface area (Å²) in [6, 6.07) is 0.0341. The van der Waals surface area contributed by atoms with E-state index in [-0.39, 0.29) is 24.2 Å². The van der Waals surface area contributed by atoms with E-state index in [1.54, 1.807) is 0 Å². The van der Waals surface area contributed by atoms with Gasteiger partial charge in [-0.25, -0.2) is 0 Å². The van der Waals surface area contributed by atoms with Crippen molar-refractivity contribution in [2.24, 2.45) is 5.73 Å². The van der Waals surface area contributed by atoms with Crippen LogP contribution in [0.1, 0.15) is 33.1 Å². The van der Waals surface area contributed by atoms with Crippen LogP contribution in [0.15, 0.2) is 0 Å². The molecule has 0 saturated carbocycles. The van der Waals surface area contributed by atoms with Gasteiger partial charge in [0.05, 0.1) is 6.10 Å². The fourth-order valence-electron chi connectivity index (χ4n) is 1.59. The molecule has 82 valence electrons. The fraction of sp³-hybridized carbons (Fsp3) is 0.900. The average molecular weight is 200 g/mol. The Morgan fingerprint density at radius 3 is 2.86 bits per heavy atom. The predicted octanol–water partition coefficient (Wildman–Crippen LogP) is 0.407. The monoisotopic (exact) mass is 200 g/mol. The number of carbonyl (C=O) groups excluding carboxylic acids is 1. The predicted molar refractivity (Wildman–Crippen MR) is 54.8 cm³/mol. The van der Waals surface area contributed by atoms with E-state index in [4.69, 9.17) is 10.5 Å². The Hall–Kier alpha value is -0.610. The molecule has 1 heterocycles. The van der Waals surface area contributed by atoms with E-state index in [1.807, 2.05) is 6.92 Å². The van der Waals surface area contributed by atoms with Crippen molar-refractivity contribution in [3.63, 3.8) is 0 Å². The van der Waals surface area contributed by atoms with Gasteiger partial charge in [-0.05, 0) is 26.2 Å². The van der Waals surface area contributed by atoms with E-state index in [9.17, 15) is 4.79 Å². The van der Waals surface area contributed by atoms with Crippen molar-refractivity contribution < 1.29 is 9.53 Å². The van der Waals surface area contributed by atoms with Crippen molar-refractivity contribution in [1.29, 1.82) is 0 Å². The lowest BCUT2D eigenvalue weighted by Crippen LogP contribution is -2.43. The third-order valence-corrected chi connectivity index (χ3v) is 2.60. The number of nitrogens with two attached hydrogens (primary N) is 1. The van der Waals surface area contributed by atoms with Gasteiger partial charge in [-0.2, -0.15) is 0 Å². The fourth-order valence-corrected chi connectivity index (χ4v) is 1.59. The molecule has 4 nitrogen and oxygen atoms in total. The Morgan fingerprint density at radius 1 is 1.64 bits per heavy atom. The number of amides is 1. The van der Waals surface area contributed by atoms with Crippen molar-refractivity contribution in [2.45, 2.75) is 51.4 Å². The number of hydrogen-bond donors (Lipinski definition) is 2. The zero-order valence-corrected chi connectivity index (χ0v) is 8.95. The van der Waals surface area contributed by atoms with Crippen molar-refractivity contribution in [3.8, 4) is 0 Å². The minimum atomic E-state index is -0.256. The third kappa shape index (κ3) is 2.96. The van der Waals surface area contributed by atoms with Crippen LogP contribution in [-0.2, 0) is 9.53 Å². The molecule has 1 fully saturated rings. The van der Waals surface area contributed by atoms with Gasteiger partial charge in [0.2, 0.25) is 5.91 Å². The van der Waals surface area contributed by atoms with Gasteiger partial charge in [-0.3, -0.25) is 4.79 Å². The molecule has 0 aliphatic carbocycles. The quantitative estimate of drug-likeness (QED) is 0.690. The maximum atomic E-state index is 11.6. The van der Waals surface area contributed by atoms with E-state index in [2.05, 4.69) is 12.2 Å². The Kier molecular flexibility index (Phi) is 4.35. The highest BCUT2D eigenvalue weighted by molar-refractivity contribution is 5.81. The molecule has 0 aromatic carbocycles. The van der Waals surface area contributed by atoms with Crippen LogP contribution >= 0.6 is 0 Å². The largest absolute Gasteiger partial charge is 0.365 e. The molecular formula is C10H20N2O2. The second kappa shape index (κ2) is 5.32. The number of ether oxygens (including phenoxy) is 1. The molecule has 0 aromatic rings. The molecule has 14 heavy (non-hydrogen) atoms. The lowest BCUT2D eigenvalue weighted by atomic mass is 10.1. The minimum absolute atomic E-state index is 0.0149. The van der Waals surface area contributed by atoms with Crippen LogP contribution in [0, 0.1) is 0 Å². The van der Waals surface area contributed by atoms with Gasteiger partial charge in [0, 0.05) is 12.6 Å². The van der Waals surface area contributed by atoms with E-state index in [1.165, 1.54) is 0 Å². The zero-order chi connectivity index (χ0) is 10.6. The summed E-state index contributed by atoms with van der Waals surface area (Å²) in [5, 5.41) is 2.83. The molecule has 1 aliphatic rings. The van der Waals surface area contributed by atoms with Gasteiger partial charge < -0.3 is 15.8 Å². The average Bonchev–Trinajstić information content (AvgIpc) is 2.65. The molecule has 0 radical (unpaired) electrons. The number of hydrogen-bond acceptors (Lipinski definition) is 3. The summed E-state index contributed by atoms with van der Waals surface area (Å²) in [6.07, 6.45) is 2.82. The Bertz CT molecular complexity index is 197. The Morgan fingerprint density at radius 2 is 2.36 bits per heavy atom. The first-order chi connectivity index (χ1) is 6.67. The summed E-state index contributed by atoms with van der Waals surface area (Å²) in [5.74, 6) is -0.0149. The highest BCUT2D eigenvalue weighted by Crippen LogP contribution is 2.21. The maximum Gasteiger partial charge on any atom is 0.249 e. The maximum absolute atomic E-state index is 11.6. The first kappa shape index (κ1) is 11.5. The van der Waals surface area contributed by atoms with Crippen molar-refractivity contribution in [3.05, 3.63) is 0 Å². The molecule has 0 spiro atoms. The first-order valence-electron chi connectivity index (χ1n) is 5.33. The van der Waals surface area contributed by atoms with Crippen molar-refractivity contribution >= 4 is 5.91 Å². The van der Waals surface area contributed by atoms with E-state index in [0.717, 1.165) is 19.3 Å². The topological polar surface area (TPSA) is 64.4 Å². The first-order valence-corrected chi connectivity index (χ1v) is 5.33.